The van der Waals surface area contributed by atoms with E-state index in [4.69, 9.17) is 10.5 Å². The second kappa shape index (κ2) is 5.68. The van der Waals surface area contributed by atoms with Crippen molar-refractivity contribution in [1.29, 1.82) is 10.5 Å². The number of nitriles is 2. The Labute approximate surface area is 118 Å². The fraction of sp³-hybridized carbons (Fsp3) is 0. The van der Waals surface area contributed by atoms with Crippen LogP contribution in [-0.4, -0.2) is 4.92 Å². The van der Waals surface area contributed by atoms with Crippen LogP contribution in [0.4, 0.5) is 21.5 Å². The second-order valence-electron chi connectivity index (χ2n) is 4.03. The lowest BCUT2D eigenvalue weighted by molar-refractivity contribution is -0.384. The van der Waals surface area contributed by atoms with Gasteiger partial charge in [-0.15, -0.1) is 0 Å². The smallest absolute Gasteiger partial charge is 0.270 e. The number of anilines is 2. The molecule has 2 rings (SSSR count). The highest BCUT2D eigenvalue weighted by molar-refractivity contribution is 5.69. The van der Waals surface area contributed by atoms with Gasteiger partial charge in [0.1, 0.15) is 18.0 Å². The molecule has 0 aliphatic rings. The van der Waals surface area contributed by atoms with E-state index in [2.05, 4.69) is 5.32 Å². The standard InChI is InChI=1S/C14H7FN4O2/c15-13-3-1-11(5-9(13)7-16)18-14-4-2-12(19(20)21)6-10(14)8-17/h1-6,18H. The Morgan fingerprint density at radius 1 is 1.10 bits per heavy atom. The van der Waals surface area contributed by atoms with Crippen LogP contribution in [0, 0.1) is 38.6 Å². The molecule has 0 aliphatic heterocycles. The Bertz CT molecular complexity index is 806. The molecule has 102 valence electrons. The summed E-state index contributed by atoms with van der Waals surface area (Å²) < 4.78 is 13.2. The van der Waals surface area contributed by atoms with Gasteiger partial charge < -0.3 is 5.32 Å². The molecule has 0 fully saturated rings. The van der Waals surface area contributed by atoms with Gasteiger partial charge in [0, 0.05) is 17.8 Å². The van der Waals surface area contributed by atoms with Crippen molar-refractivity contribution in [2.75, 3.05) is 5.32 Å². The fourth-order valence-electron chi connectivity index (χ4n) is 1.69. The molecule has 0 amide bonds. The summed E-state index contributed by atoms with van der Waals surface area (Å²) in [6, 6.07) is 11.1. The van der Waals surface area contributed by atoms with Gasteiger partial charge in [0.05, 0.1) is 21.7 Å². The topological polar surface area (TPSA) is 103 Å². The van der Waals surface area contributed by atoms with Gasteiger partial charge in [-0.25, -0.2) is 4.39 Å². The predicted octanol–water partition coefficient (Wildman–Crippen LogP) is 3.22. The lowest BCUT2D eigenvalue weighted by atomic mass is 10.1. The van der Waals surface area contributed by atoms with Crippen molar-refractivity contribution >= 4 is 17.1 Å². The average Bonchev–Trinajstić information content (AvgIpc) is 2.49. The van der Waals surface area contributed by atoms with Crippen LogP contribution in [0.2, 0.25) is 0 Å². The fourth-order valence-corrected chi connectivity index (χ4v) is 1.69. The Morgan fingerprint density at radius 3 is 2.43 bits per heavy atom. The summed E-state index contributed by atoms with van der Waals surface area (Å²) in [6.45, 7) is 0. The third-order valence-electron chi connectivity index (χ3n) is 2.70. The van der Waals surface area contributed by atoms with Crippen LogP contribution >= 0.6 is 0 Å². The van der Waals surface area contributed by atoms with E-state index >= 15 is 0 Å². The molecule has 0 radical (unpaired) electrons. The molecule has 0 spiro atoms. The first-order valence-corrected chi connectivity index (χ1v) is 5.70. The summed E-state index contributed by atoms with van der Waals surface area (Å²) in [4.78, 5) is 10.1. The number of benzene rings is 2. The Hall–Kier alpha value is -3.45. The van der Waals surface area contributed by atoms with Crippen LogP contribution < -0.4 is 5.32 Å². The number of nitrogens with one attached hydrogen (secondary N) is 1. The maximum Gasteiger partial charge on any atom is 0.270 e. The Balaban J connectivity index is 2.38. The average molecular weight is 282 g/mol. The van der Waals surface area contributed by atoms with Gasteiger partial charge in [-0.2, -0.15) is 10.5 Å². The van der Waals surface area contributed by atoms with Crippen LogP contribution in [0.1, 0.15) is 11.1 Å². The molecule has 0 unspecified atom stereocenters. The maximum absolute atomic E-state index is 13.2. The summed E-state index contributed by atoms with van der Waals surface area (Å²) in [5.74, 6) is -0.646. The van der Waals surface area contributed by atoms with Gasteiger partial charge in [0.2, 0.25) is 0 Å². The molecule has 7 heteroatoms. The van der Waals surface area contributed by atoms with E-state index in [1.165, 1.54) is 24.3 Å². The molecule has 2 aromatic carbocycles. The Kier molecular flexibility index (Phi) is 3.78. The van der Waals surface area contributed by atoms with E-state index in [0.29, 0.717) is 11.4 Å². The number of hydrogen-bond acceptors (Lipinski definition) is 5. The molecule has 1 N–H and O–H groups in total. The molecular formula is C14H7FN4O2. The van der Waals surface area contributed by atoms with Gasteiger partial charge in [0.15, 0.2) is 0 Å². The number of halogens is 1. The van der Waals surface area contributed by atoms with Gasteiger partial charge in [-0.05, 0) is 24.3 Å². The normalized spacial score (nSPS) is 9.48. The molecule has 0 aliphatic carbocycles. The highest BCUT2D eigenvalue weighted by Crippen LogP contribution is 2.25. The maximum atomic E-state index is 13.2. The molecule has 0 atom stereocenters. The van der Waals surface area contributed by atoms with Gasteiger partial charge in [0.25, 0.3) is 5.69 Å². The summed E-state index contributed by atoms with van der Waals surface area (Å²) in [5, 5.41) is 31.3. The minimum absolute atomic E-state index is 0.0760. The van der Waals surface area contributed by atoms with E-state index in [1.54, 1.807) is 6.07 Å². The minimum Gasteiger partial charge on any atom is -0.354 e. The van der Waals surface area contributed by atoms with Crippen LogP contribution in [0.25, 0.3) is 0 Å². The van der Waals surface area contributed by atoms with E-state index in [-0.39, 0.29) is 16.8 Å². The zero-order valence-electron chi connectivity index (χ0n) is 10.5. The van der Waals surface area contributed by atoms with Crippen LogP contribution in [0.15, 0.2) is 36.4 Å². The molecule has 0 aromatic heterocycles. The number of non-ortho nitro benzene ring substituents is 1. The highest BCUT2D eigenvalue weighted by atomic mass is 19.1. The van der Waals surface area contributed by atoms with Gasteiger partial charge >= 0.3 is 0 Å². The monoisotopic (exact) mass is 282 g/mol. The summed E-state index contributed by atoms with van der Waals surface area (Å²) in [6.07, 6.45) is 0. The summed E-state index contributed by atoms with van der Waals surface area (Å²) in [5.41, 5.74) is 0.471. The molecule has 0 saturated carbocycles. The number of nitro benzene ring substituents is 1. The first-order chi connectivity index (χ1) is 10.0. The van der Waals surface area contributed by atoms with E-state index in [9.17, 15) is 14.5 Å². The first-order valence-electron chi connectivity index (χ1n) is 5.70. The van der Waals surface area contributed by atoms with E-state index in [1.807, 2.05) is 6.07 Å². The van der Waals surface area contributed by atoms with Crippen LogP contribution in [-0.2, 0) is 0 Å². The SMILES string of the molecule is N#Cc1cc(Nc2ccc([N+](=O)[O-])cc2C#N)ccc1F. The van der Waals surface area contributed by atoms with Crippen molar-refractivity contribution in [3.05, 3.63) is 63.5 Å². The molecule has 0 heterocycles. The zero-order valence-corrected chi connectivity index (χ0v) is 10.5. The molecule has 6 nitrogen and oxygen atoms in total. The lowest BCUT2D eigenvalue weighted by Crippen LogP contribution is -1.97. The zero-order chi connectivity index (χ0) is 15.4. The Morgan fingerprint density at radius 2 is 1.81 bits per heavy atom. The number of nitrogens with zero attached hydrogens (tertiary/aromatic N) is 3. The quantitative estimate of drug-likeness (QED) is 0.687. The third-order valence-corrected chi connectivity index (χ3v) is 2.70. The first kappa shape index (κ1) is 14.0. The number of hydrogen-bond donors (Lipinski definition) is 1. The van der Waals surface area contributed by atoms with Gasteiger partial charge in [-0.1, -0.05) is 0 Å². The highest BCUT2D eigenvalue weighted by Gasteiger charge is 2.11. The van der Waals surface area contributed by atoms with Crippen LogP contribution in [0.5, 0.6) is 0 Å². The molecule has 0 saturated heterocycles. The lowest BCUT2D eigenvalue weighted by Gasteiger charge is -2.08. The van der Waals surface area contributed by atoms with Crippen molar-refractivity contribution in [2.24, 2.45) is 0 Å². The third kappa shape index (κ3) is 2.94. The minimum atomic E-state index is -0.646. The largest absolute Gasteiger partial charge is 0.354 e. The number of nitro groups is 1. The van der Waals surface area contributed by atoms with Crippen molar-refractivity contribution in [1.82, 2.24) is 0 Å². The molecule has 2 aromatic rings. The molecule has 0 bridgehead atoms. The van der Waals surface area contributed by atoms with Crippen molar-refractivity contribution in [3.8, 4) is 12.1 Å². The van der Waals surface area contributed by atoms with Crippen molar-refractivity contribution in [3.63, 3.8) is 0 Å². The van der Waals surface area contributed by atoms with Crippen molar-refractivity contribution in [2.45, 2.75) is 0 Å². The summed E-state index contributed by atoms with van der Waals surface area (Å²) >= 11 is 0. The molecule has 21 heavy (non-hydrogen) atoms. The van der Waals surface area contributed by atoms with Crippen LogP contribution in [0.3, 0.4) is 0 Å². The van der Waals surface area contributed by atoms with E-state index in [0.717, 1.165) is 12.1 Å². The van der Waals surface area contributed by atoms with E-state index < -0.39 is 10.7 Å². The second-order valence-corrected chi connectivity index (χ2v) is 4.03. The summed E-state index contributed by atoms with van der Waals surface area (Å²) in [7, 11) is 0. The number of rotatable bonds is 3. The molecular weight excluding hydrogens is 275 g/mol. The van der Waals surface area contributed by atoms with Gasteiger partial charge in [-0.3, -0.25) is 10.1 Å². The predicted molar refractivity (Wildman–Crippen MR) is 72.2 cm³/mol. The van der Waals surface area contributed by atoms with Crippen molar-refractivity contribution < 1.29 is 9.31 Å².